The molecule has 1 aromatic heterocycles. The fourth-order valence-electron chi connectivity index (χ4n) is 3.54. The maximum absolute atomic E-state index is 14.6. The van der Waals surface area contributed by atoms with E-state index in [1.807, 2.05) is 30.3 Å². The molecule has 26 heavy (non-hydrogen) atoms. The van der Waals surface area contributed by atoms with E-state index in [4.69, 9.17) is 4.74 Å². The predicted octanol–water partition coefficient (Wildman–Crippen LogP) is 1.98. The molecule has 4 atom stereocenters. The molecule has 4 rings (SSSR count). The summed E-state index contributed by atoms with van der Waals surface area (Å²) < 4.78 is 21.7. The minimum absolute atomic E-state index is 0.105. The number of rotatable bonds is 3. The number of ether oxygens (including phenoxy) is 1. The van der Waals surface area contributed by atoms with Crippen LogP contribution < -0.4 is 0 Å². The van der Waals surface area contributed by atoms with Gasteiger partial charge >= 0.3 is 0 Å². The van der Waals surface area contributed by atoms with Gasteiger partial charge in [-0.15, -0.1) is 0 Å². The lowest BCUT2D eigenvalue weighted by Crippen LogP contribution is -2.50. The van der Waals surface area contributed by atoms with Gasteiger partial charge in [-0.25, -0.2) is 4.39 Å². The van der Waals surface area contributed by atoms with Crippen molar-refractivity contribution >= 4 is 10.9 Å². The van der Waals surface area contributed by atoms with Crippen molar-refractivity contribution in [2.75, 3.05) is 6.61 Å². The van der Waals surface area contributed by atoms with Crippen molar-refractivity contribution in [3.63, 3.8) is 0 Å². The van der Waals surface area contributed by atoms with Gasteiger partial charge in [0.25, 0.3) is 0 Å². The van der Waals surface area contributed by atoms with Gasteiger partial charge in [0, 0.05) is 11.6 Å². The summed E-state index contributed by atoms with van der Waals surface area (Å²) in [6.07, 6.45) is -2.41. The zero-order valence-electron chi connectivity index (χ0n) is 14.0. The zero-order chi connectivity index (χ0) is 18.3. The standard InChI is InChI=1S/C20H20FNO4/c21-14-7-4-8-15-17(14)13(9-12-5-2-1-3-6-12)10-22(15)20-19(25)18(24)16(23)11-26-20/h1-8,10,16,18-20,23-25H,9,11H2/t16-,18+,19-,20-/m1/s1. The summed E-state index contributed by atoms with van der Waals surface area (Å²) in [7, 11) is 0. The Labute approximate surface area is 149 Å². The van der Waals surface area contributed by atoms with Crippen LogP contribution in [-0.4, -0.2) is 44.8 Å². The van der Waals surface area contributed by atoms with Crippen LogP contribution in [0.2, 0.25) is 0 Å². The summed E-state index contributed by atoms with van der Waals surface area (Å²) in [6, 6.07) is 14.5. The van der Waals surface area contributed by atoms with Crippen molar-refractivity contribution in [3.8, 4) is 0 Å². The van der Waals surface area contributed by atoms with E-state index < -0.39 is 24.5 Å². The maximum atomic E-state index is 14.6. The first-order chi connectivity index (χ1) is 12.6. The highest BCUT2D eigenvalue weighted by molar-refractivity contribution is 5.85. The Bertz CT molecular complexity index is 911. The van der Waals surface area contributed by atoms with Crippen LogP contribution in [0.3, 0.4) is 0 Å². The molecule has 0 amide bonds. The predicted molar refractivity (Wildman–Crippen MR) is 94.2 cm³/mol. The van der Waals surface area contributed by atoms with Gasteiger partial charge < -0.3 is 24.6 Å². The van der Waals surface area contributed by atoms with Crippen molar-refractivity contribution in [2.45, 2.75) is 31.0 Å². The molecule has 2 heterocycles. The molecule has 0 spiro atoms. The molecular formula is C20H20FNO4. The van der Waals surface area contributed by atoms with Crippen LogP contribution >= 0.6 is 0 Å². The minimum atomic E-state index is -1.32. The van der Waals surface area contributed by atoms with Gasteiger partial charge in [-0.05, 0) is 29.7 Å². The molecule has 3 aromatic rings. The lowest BCUT2D eigenvalue weighted by Gasteiger charge is -2.36. The second-order valence-electron chi connectivity index (χ2n) is 6.63. The van der Waals surface area contributed by atoms with Crippen LogP contribution in [0.1, 0.15) is 17.4 Å². The Morgan fingerprint density at radius 1 is 1.00 bits per heavy atom. The largest absolute Gasteiger partial charge is 0.388 e. The second kappa shape index (κ2) is 6.81. The normalized spacial score (nSPS) is 26.3. The molecule has 136 valence electrons. The monoisotopic (exact) mass is 357 g/mol. The van der Waals surface area contributed by atoms with Crippen molar-refractivity contribution in [1.82, 2.24) is 4.57 Å². The molecule has 5 nitrogen and oxygen atoms in total. The van der Waals surface area contributed by atoms with E-state index in [2.05, 4.69) is 0 Å². The molecule has 2 aromatic carbocycles. The highest BCUT2D eigenvalue weighted by Crippen LogP contribution is 2.33. The summed E-state index contributed by atoms with van der Waals surface area (Å²) in [5.41, 5.74) is 2.37. The first-order valence-corrected chi connectivity index (χ1v) is 8.54. The number of aliphatic hydroxyl groups is 3. The molecule has 0 radical (unpaired) electrons. The van der Waals surface area contributed by atoms with Crippen LogP contribution in [0.25, 0.3) is 10.9 Å². The smallest absolute Gasteiger partial charge is 0.162 e. The number of aromatic nitrogens is 1. The quantitative estimate of drug-likeness (QED) is 0.670. The summed E-state index contributed by atoms with van der Waals surface area (Å²) in [5, 5.41) is 30.5. The molecule has 0 saturated carbocycles. The lowest BCUT2D eigenvalue weighted by atomic mass is 10.0. The van der Waals surface area contributed by atoms with Crippen LogP contribution in [0, 0.1) is 5.82 Å². The van der Waals surface area contributed by atoms with E-state index in [9.17, 15) is 19.7 Å². The Morgan fingerprint density at radius 3 is 2.54 bits per heavy atom. The van der Waals surface area contributed by atoms with E-state index >= 15 is 0 Å². The van der Waals surface area contributed by atoms with E-state index in [1.54, 1.807) is 22.9 Å². The number of hydrogen-bond acceptors (Lipinski definition) is 4. The molecule has 1 saturated heterocycles. The lowest BCUT2D eigenvalue weighted by molar-refractivity contribution is -0.209. The van der Waals surface area contributed by atoms with Crippen LogP contribution in [0.4, 0.5) is 4.39 Å². The fraction of sp³-hybridized carbons (Fsp3) is 0.300. The van der Waals surface area contributed by atoms with Crippen molar-refractivity contribution in [1.29, 1.82) is 0 Å². The number of benzene rings is 2. The van der Waals surface area contributed by atoms with Crippen LogP contribution in [0.5, 0.6) is 0 Å². The number of fused-ring (bicyclic) bond motifs is 1. The summed E-state index contributed by atoms with van der Waals surface area (Å²) in [6.45, 7) is -0.105. The van der Waals surface area contributed by atoms with Gasteiger partial charge in [0.05, 0.1) is 12.1 Å². The van der Waals surface area contributed by atoms with Gasteiger partial charge in [-0.1, -0.05) is 36.4 Å². The average Bonchev–Trinajstić information content (AvgIpc) is 3.00. The van der Waals surface area contributed by atoms with E-state index in [-0.39, 0.29) is 12.4 Å². The summed E-state index contributed by atoms with van der Waals surface area (Å²) in [5.74, 6) is -0.349. The third-order valence-corrected chi connectivity index (χ3v) is 4.87. The number of aliphatic hydroxyl groups excluding tert-OH is 3. The SMILES string of the molecule is O[C@@H]1[C@@H](O)[C@H](n2cc(Cc3ccccc3)c3c(F)cccc32)OC[C@H]1O. The molecule has 1 aliphatic rings. The Hall–Kier alpha value is -2.25. The van der Waals surface area contributed by atoms with Gasteiger partial charge in [0.15, 0.2) is 6.23 Å². The number of nitrogens with zero attached hydrogens (tertiary/aromatic N) is 1. The van der Waals surface area contributed by atoms with E-state index in [0.29, 0.717) is 17.3 Å². The molecule has 3 N–H and O–H groups in total. The summed E-state index contributed by atoms with van der Waals surface area (Å²) >= 11 is 0. The third kappa shape index (κ3) is 2.91. The molecule has 0 aliphatic carbocycles. The van der Waals surface area contributed by atoms with Gasteiger partial charge in [-0.2, -0.15) is 0 Å². The molecule has 1 fully saturated rings. The van der Waals surface area contributed by atoms with Gasteiger partial charge in [0.1, 0.15) is 24.1 Å². The topological polar surface area (TPSA) is 74.9 Å². The maximum Gasteiger partial charge on any atom is 0.162 e. The van der Waals surface area contributed by atoms with Gasteiger partial charge in [-0.3, -0.25) is 0 Å². The van der Waals surface area contributed by atoms with Crippen LogP contribution in [-0.2, 0) is 11.2 Å². The van der Waals surface area contributed by atoms with E-state index in [0.717, 1.165) is 11.1 Å². The highest BCUT2D eigenvalue weighted by atomic mass is 19.1. The molecular weight excluding hydrogens is 337 g/mol. The molecule has 0 bridgehead atoms. The number of halogens is 1. The van der Waals surface area contributed by atoms with Crippen molar-refractivity contribution in [3.05, 3.63) is 71.7 Å². The Kier molecular flexibility index (Phi) is 4.50. The summed E-state index contributed by atoms with van der Waals surface area (Å²) in [4.78, 5) is 0. The molecule has 6 heteroatoms. The third-order valence-electron chi connectivity index (χ3n) is 4.87. The van der Waals surface area contributed by atoms with E-state index in [1.165, 1.54) is 6.07 Å². The second-order valence-corrected chi connectivity index (χ2v) is 6.63. The van der Waals surface area contributed by atoms with Crippen molar-refractivity contribution < 1.29 is 24.4 Å². The Balaban J connectivity index is 1.80. The molecule has 0 unspecified atom stereocenters. The van der Waals surface area contributed by atoms with Crippen molar-refractivity contribution in [2.24, 2.45) is 0 Å². The zero-order valence-corrected chi connectivity index (χ0v) is 14.0. The molecule has 1 aliphatic heterocycles. The van der Waals surface area contributed by atoms with Crippen LogP contribution in [0.15, 0.2) is 54.7 Å². The first kappa shape index (κ1) is 17.2. The minimum Gasteiger partial charge on any atom is -0.388 e. The van der Waals surface area contributed by atoms with Gasteiger partial charge in [0.2, 0.25) is 0 Å². The highest BCUT2D eigenvalue weighted by Gasteiger charge is 2.39. The Morgan fingerprint density at radius 2 is 1.77 bits per heavy atom. The first-order valence-electron chi connectivity index (χ1n) is 8.54. The number of hydrogen-bond donors (Lipinski definition) is 3. The fourth-order valence-corrected chi connectivity index (χ4v) is 3.54. The average molecular weight is 357 g/mol.